The summed E-state index contributed by atoms with van der Waals surface area (Å²) in [5.41, 5.74) is 6.51. The number of carbonyl (C=O) groups excluding carboxylic acids is 2. The summed E-state index contributed by atoms with van der Waals surface area (Å²) in [7, 11) is 0. The van der Waals surface area contributed by atoms with Gasteiger partial charge >= 0.3 is 6.03 Å². The van der Waals surface area contributed by atoms with Gasteiger partial charge in [0.15, 0.2) is 0 Å². The van der Waals surface area contributed by atoms with E-state index in [-0.39, 0.29) is 17.5 Å². The van der Waals surface area contributed by atoms with E-state index in [0.717, 1.165) is 25.7 Å². The highest BCUT2D eigenvalue weighted by Crippen LogP contribution is 2.35. The summed E-state index contributed by atoms with van der Waals surface area (Å²) in [6.45, 7) is 0. The lowest BCUT2D eigenvalue weighted by atomic mass is 9.78. The molecule has 1 heterocycles. The Labute approximate surface area is 118 Å². The number of nitrogens with zero attached hydrogens (tertiary/aromatic N) is 1. The molecular formula is C15H19N3O2. The van der Waals surface area contributed by atoms with Crippen molar-refractivity contribution >= 4 is 23.3 Å². The first-order chi connectivity index (χ1) is 9.60. The summed E-state index contributed by atoms with van der Waals surface area (Å²) in [6.07, 6.45) is 5.54. The van der Waals surface area contributed by atoms with Crippen molar-refractivity contribution in [2.75, 3.05) is 10.6 Å². The molecule has 20 heavy (non-hydrogen) atoms. The van der Waals surface area contributed by atoms with Gasteiger partial charge in [0.2, 0.25) is 5.91 Å². The lowest BCUT2D eigenvalue weighted by molar-refractivity contribution is -0.120. The SMILES string of the molecule is Nc1ccc(N2C(=O)CC3(CCCCC3)NC2=O)cc1. The Hall–Kier alpha value is -2.04. The maximum absolute atomic E-state index is 12.4. The number of nitrogens with one attached hydrogen (secondary N) is 1. The lowest BCUT2D eigenvalue weighted by Crippen LogP contribution is -2.62. The van der Waals surface area contributed by atoms with E-state index in [1.54, 1.807) is 24.3 Å². The van der Waals surface area contributed by atoms with Crippen molar-refractivity contribution in [1.82, 2.24) is 5.32 Å². The number of amides is 3. The molecule has 2 fully saturated rings. The van der Waals surface area contributed by atoms with Crippen LogP contribution in [-0.4, -0.2) is 17.5 Å². The van der Waals surface area contributed by atoms with Gasteiger partial charge in [-0.2, -0.15) is 0 Å². The van der Waals surface area contributed by atoms with Crippen molar-refractivity contribution in [2.45, 2.75) is 44.1 Å². The first-order valence-electron chi connectivity index (χ1n) is 7.10. The molecule has 3 rings (SSSR count). The Morgan fingerprint density at radius 1 is 1.05 bits per heavy atom. The Bertz CT molecular complexity index is 513. The Morgan fingerprint density at radius 3 is 2.30 bits per heavy atom. The molecule has 106 valence electrons. The zero-order valence-electron chi connectivity index (χ0n) is 11.4. The van der Waals surface area contributed by atoms with Gasteiger partial charge in [-0.05, 0) is 37.1 Å². The van der Waals surface area contributed by atoms with E-state index in [1.807, 2.05) is 0 Å². The second-order valence-corrected chi connectivity index (χ2v) is 5.77. The van der Waals surface area contributed by atoms with Gasteiger partial charge in [0, 0.05) is 5.69 Å². The number of nitrogen functional groups attached to an aromatic ring is 1. The van der Waals surface area contributed by atoms with E-state index >= 15 is 0 Å². The van der Waals surface area contributed by atoms with Crippen molar-refractivity contribution in [2.24, 2.45) is 0 Å². The summed E-state index contributed by atoms with van der Waals surface area (Å²) in [5, 5.41) is 3.06. The molecule has 1 spiro atoms. The van der Waals surface area contributed by atoms with Crippen molar-refractivity contribution in [3.05, 3.63) is 24.3 Å². The third-order valence-corrected chi connectivity index (χ3v) is 4.28. The van der Waals surface area contributed by atoms with E-state index in [0.29, 0.717) is 17.8 Å². The molecule has 0 atom stereocenters. The molecule has 0 radical (unpaired) electrons. The van der Waals surface area contributed by atoms with Crippen molar-refractivity contribution in [3.63, 3.8) is 0 Å². The quantitative estimate of drug-likeness (QED) is 0.771. The topological polar surface area (TPSA) is 75.4 Å². The lowest BCUT2D eigenvalue weighted by Gasteiger charge is -2.43. The van der Waals surface area contributed by atoms with Gasteiger partial charge in [0.25, 0.3) is 0 Å². The van der Waals surface area contributed by atoms with Crippen molar-refractivity contribution in [1.29, 1.82) is 0 Å². The number of nitrogens with two attached hydrogens (primary N) is 1. The van der Waals surface area contributed by atoms with Crippen molar-refractivity contribution in [3.8, 4) is 0 Å². The number of anilines is 2. The monoisotopic (exact) mass is 273 g/mol. The van der Waals surface area contributed by atoms with E-state index in [9.17, 15) is 9.59 Å². The Kier molecular flexibility index (Phi) is 3.12. The normalized spacial score (nSPS) is 21.9. The molecular weight excluding hydrogens is 254 g/mol. The molecule has 5 nitrogen and oxygen atoms in total. The van der Waals surface area contributed by atoms with Gasteiger partial charge in [-0.3, -0.25) is 4.79 Å². The van der Waals surface area contributed by atoms with Gasteiger partial charge in [0.1, 0.15) is 0 Å². The highest BCUT2D eigenvalue weighted by molar-refractivity contribution is 6.16. The van der Waals surface area contributed by atoms with E-state index in [1.165, 1.54) is 11.3 Å². The summed E-state index contributed by atoms with van der Waals surface area (Å²) < 4.78 is 0. The summed E-state index contributed by atoms with van der Waals surface area (Å²) >= 11 is 0. The molecule has 3 N–H and O–H groups in total. The van der Waals surface area contributed by atoms with Crippen LogP contribution < -0.4 is 16.0 Å². The molecule has 5 heteroatoms. The van der Waals surface area contributed by atoms with Gasteiger partial charge < -0.3 is 11.1 Å². The number of rotatable bonds is 1. The maximum Gasteiger partial charge on any atom is 0.329 e. The second kappa shape index (κ2) is 4.81. The number of imide groups is 1. The molecule has 1 aromatic rings. The largest absolute Gasteiger partial charge is 0.399 e. The van der Waals surface area contributed by atoms with Crippen LogP contribution in [0.25, 0.3) is 0 Å². The third kappa shape index (κ3) is 2.24. The summed E-state index contributed by atoms with van der Waals surface area (Å²) in [6, 6.07) is 6.48. The molecule has 3 amide bonds. The van der Waals surface area contributed by atoms with Crippen LogP contribution in [0.1, 0.15) is 38.5 Å². The highest BCUT2D eigenvalue weighted by Gasteiger charge is 2.43. The third-order valence-electron chi connectivity index (χ3n) is 4.28. The van der Waals surface area contributed by atoms with Crippen molar-refractivity contribution < 1.29 is 9.59 Å². The van der Waals surface area contributed by atoms with Gasteiger partial charge in [-0.15, -0.1) is 0 Å². The number of benzene rings is 1. The number of carbonyl (C=O) groups is 2. The number of hydrogen-bond donors (Lipinski definition) is 2. The minimum absolute atomic E-state index is 0.125. The molecule has 1 saturated heterocycles. The van der Waals surface area contributed by atoms with Crippen LogP contribution in [0.4, 0.5) is 16.2 Å². The van der Waals surface area contributed by atoms with Gasteiger partial charge in [-0.1, -0.05) is 19.3 Å². The Balaban J connectivity index is 1.83. The van der Waals surface area contributed by atoms with Crippen LogP contribution >= 0.6 is 0 Å². The zero-order chi connectivity index (χ0) is 14.2. The van der Waals surface area contributed by atoms with Crippen LogP contribution in [0.5, 0.6) is 0 Å². The first kappa shape index (κ1) is 13.0. The first-order valence-corrected chi connectivity index (χ1v) is 7.10. The maximum atomic E-state index is 12.4. The zero-order valence-corrected chi connectivity index (χ0v) is 11.4. The molecule has 2 aliphatic rings. The van der Waals surface area contributed by atoms with Gasteiger partial charge in [0.05, 0.1) is 17.6 Å². The fourth-order valence-corrected chi connectivity index (χ4v) is 3.22. The van der Waals surface area contributed by atoms with Crippen LogP contribution in [0.15, 0.2) is 24.3 Å². The average molecular weight is 273 g/mol. The molecule has 0 unspecified atom stereocenters. The van der Waals surface area contributed by atoms with E-state index < -0.39 is 0 Å². The molecule has 1 aliphatic heterocycles. The Morgan fingerprint density at radius 2 is 1.70 bits per heavy atom. The molecule has 1 saturated carbocycles. The number of urea groups is 1. The fourth-order valence-electron chi connectivity index (χ4n) is 3.22. The standard InChI is InChI=1S/C15H19N3O2/c16-11-4-6-12(7-5-11)18-13(19)10-15(17-14(18)20)8-2-1-3-9-15/h4-7H,1-3,8-10,16H2,(H,17,20). The minimum Gasteiger partial charge on any atom is -0.399 e. The highest BCUT2D eigenvalue weighted by atomic mass is 16.2. The molecule has 0 aromatic heterocycles. The van der Waals surface area contributed by atoms with Crippen LogP contribution in [-0.2, 0) is 4.79 Å². The smallest absolute Gasteiger partial charge is 0.329 e. The molecule has 1 aliphatic carbocycles. The minimum atomic E-state index is -0.312. The van der Waals surface area contributed by atoms with E-state index in [4.69, 9.17) is 5.73 Å². The second-order valence-electron chi connectivity index (χ2n) is 5.77. The molecule has 1 aromatic carbocycles. The number of hydrogen-bond acceptors (Lipinski definition) is 3. The van der Waals surface area contributed by atoms with Crippen LogP contribution in [0.2, 0.25) is 0 Å². The van der Waals surface area contributed by atoms with Crippen LogP contribution in [0, 0.1) is 0 Å². The predicted octanol–water partition coefficient (Wildman–Crippen LogP) is 2.42. The summed E-state index contributed by atoms with van der Waals surface area (Å²) in [5.74, 6) is -0.125. The van der Waals surface area contributed by atoms with Crippen LogP contribution in [0.3, 0.4) is 0 Å². The average Bonchev–Trinajstić information content (AvgIpc) is 2.41. The van der Waals surface area contributed by atoms with Gasteiger partial charge in [-0.25, -0.2) is 9.69 Å². The fraction of sp³-hybridized carbons (Fsp3) is 0.467. The van der Waals surface area contributed by atoms with E-state index in [2.05, 4.69) is 5.32 Å². The predicted molar refractivity (Wildman–Crippen MR) is 77.3 cm³/mol. The summed E-state index contributed by atoms with van der Waals surface area (Å²) in [4.78, 5) is 25.9. The molecule has 0 bridgehead atoms.